The molecule has 3 aromatic rings. The number of imidazole rings is 1. The summed E-state index contributed by atoms with van der Waals surface area (Å²) in [6.45, 7) is 1.30. The molecule has 0 unspecified atom stereocenters. The molecule has 0 radical (unpaired) electrons. The molecule has 1 aliphatic rings. The summed E-state index contributed by atoms with van der Waals surface area (Å²) in [5.41, 5.74) is 1.94. The number of anilines is 1. The number of rotatable bonds is 3. The first-order valence-corrected chi connectivity index (χ1v) is 8.64. The van der Waals surface area contributed by atoms with Crippen LogP contribution in [0.5, 0.6) is 5.75 Å². The van der Waals surface area contributed by atoms with Crippen molar-refractivity contribution in [3.63, 3.8) is 0 Å². The second kappa shape index (κ2) is 6.11. The molecule has 2 heterocycles. The Kier molecular flexibility index (Phi) is 3.94. The minimum Gasteiger partial charge on any atom is -0.483 e. The van der Waals surface area contributed by atoms with E-state index in [1.54, 1.807) is 23.1 Å². The molecule has 0 saturated carbocycles. The van der Waals surface area contributed by atoms with Crippen molar-refractivity contribution in [2.75, 3.05) is 18.1 Å². The van der Waals surface area contributed by atoms with Gasteiger partial charge < -0.3 is 9.30 Å². The minimum absolute atomic E-state index is 0.0521. The molecule has 0 bridgehead atoms. The Morgan fingerprint density at radius 3 is 2.92 bits per heavy atom. The van der Waals surface area contributed by atoms with Crippen molar-refractivity contribution in [1.82, 2.24) is 9.55 Å². The number of fused-ring (bicyclic) bond motifs is 3. The Hall–Kier alpha value is -2.05. The molecule has 0 atom stereocenters. The number of amides is 1. The summed E-state index contributed by atoms with van der Waals surface area (Å²) >= 11 is 9.29. The zero-order chi connectivity index (χ0) is 16.7. The molecule has 0 aliphatic carbocycles. The van der Waals surface area contributed by atoms with Gasteiger partial charge in [-0.15, -0.1) is 0 Å². The van der Waals surface area contributed by atoms with Gasteiger partial charge in [-0.25, -0.2) is 4.98 Å². The van der Waals surface area contributed by atoms with E-state index in [2.05, 4.69) is 25.5 Å². The average Bonchev–Trinajstić information content (AvgIpc) is 3.12. The molecule has 4 rings (SSSR count). The molecule has 1 aromatic heterocycles. The zero-order valence-corrected chi connectivity index (χ0v) is 14.9. The Morgan fingerprint density at radius 1 is 1.25 bits per heavy atom. The van der Waals surface area contributed by atoms with Crippen LogP contribution in [-0.2, 0) is 11.3 Å². The fourth-order valence-electron chi connectivity index (χ4n) is 2.84. The molecule has 1 amide bonds. The highest BCUT2D eigenvalue weighted by Gasteiger charge is 2.28. The third kappa shape index (κ3) is 2.65. The van der Waals surface area contributed by atoms with Crippen molar-refractivity contribution in [2.24, 2.45) is 0 Å². The first kappa shape index (κ1) is 15.5. The van der Waals surface area contributed by atoms with Crippen LogP contribution in [-0.4, -0.2) is 28.6 Å². The molecule has 7 heteroatoms. The predicted octanol–water partition coefficient (Wildman–Crippen LogP) is 3.88. The molecule has 0 saturated heterocycles. The van der Waals surface area contributed by atoms with E-state index in [0.717, 1.165) is 22.1 Å². The summed E-state index contributed by atoms with van der Waals surface area (Å²) in [6.07, 6.45) is 0. The highest BCUT2D eigenvalue weighted by Crippen LogP contribution is 2.29. The Balaban J connectivity index is 1.52. The van der Waals surface area contributed by atoms with E-state index in [1.807, 2.05) is 24.3 Å². The van der Waals surface area contributed by atoms with Crippen molar-refractivity contribution in [3.8, 4) is 5.75 Å². The standard InChI is InChI=1S/C17H13BrClN3O2/c18-12-9-11(19)5-6-15(12)24-10-16(23)22-8-7-21-14-4-2-1-3-13(14)20-17(21)22/h1-6,9H,7-8,10H2. The third-order valence-electron chi connectivity index (χ3n) is 3.97. The summed E-state index contributed by atoms with van der Waals surface area (Å²) in [4.78, 5) is 18.8. The largest absolute Gasteiger partial charge is 0.483 e. The van der Waals surface area contributed by atoms with Gasteiger partial charge in [-0.2, -0.15) is 0 Å². The van der Waals surface area contributed by atoms with E-state index in [9.17, 15) is 4.79 Å². The number of para-hydroxylation sites is 2. The molecular formula is C17H13BrClN3O2. The fraction of sp³-hybridized carbons (Fsp3) is 0.176. The summed E-state index contributed by atoms with van der Waals surface area (Å²) in [5.74, 6) is 1.14. The SMILES string of the molecule is O=C(COc1ccc(Cl)cc1Br)N1CCn2c1nc1ccccc12. The lowest BCUT2D eigenvalue weighted by Crippen LogP contribution is -2.33. The smallest absolute Gasteiger partial charge is 0.267 e. The van der Waals surface area contributed by atoms with Crippen LogP contribution < -0.4 is 9.64 Å². The normalized spacial score (nSPS) is 13.3. The first-order chi connectivity index (χ1) is 11.6. The van der Waals surface area contributed by atoms with Crippen LogP contribution >= 0.6 is 27.5 Å². The lowest BCUT2D eigenvalue weighted by atomic mass is 10.3. The Morgan fingerprint density at radius 2 is 2.08 bits per heavy atom. The molecule has 0 fully saturated rings. The van der Waals surface area contributed by atoms with Crippen LogP contribution in [0.3, 0.4) is 0 Å². The molecule has 122 valence electrons. The highest BCUT2D eigenvalue weighted by atomic mass is 79.9. The van der Waals surface area contributed by atoms with Gasteiger partial charge in [-0.1, -0.05) is 23.7 Å². The number of ether oxygens (including phenoxy) is 1. The molecule has 1 aliphatic heterocycles. The number of carbonyl (C=O) groups is 1. The molecule has 24 heavy (non-hydrogen) atoms. The van der Waals surface area contributed by atoms with Gasteiger partial charge >= 0.3 is 0 Å². The van der Waals surface area contributed by atoms with Gasteiger partial charge in [0.05, 0.1) is 15.5 Å². The molecule has 0 N–H and O–H groups in total. The van der Waals surface area contributed by atoms with Gasteiger partial charge in [0.15, 0.2) is 6.61 Å². The number of aromatic nitrogens is 2. The minimum atomic E-state index is -0.120. The van der Waals surface area contributed by atoms with Gasteiger partial charge in [-0.05, 0) is 46.3 Å². The maximum atomic E-state index is 12.5. The van der Waals surface area contributed by atoms with Gasteiger partial charge in [-0.3, -0.25) is 9.69 Å². The van der Waals surface area contributed by atoms with E-state index in [4.69, 9.17) is 16.3 Å². The summed E-state index contributed by atoms with van der Waals surface area (Å²) in [7, 11) is 0. The molecular weight excluding hydrogens is 394 g/mol. The number of hydrogen-bond donors (Lipinski definition) is 0. The predicted molar refractivity (Wildman–Crippen MR) is 96.7 cm³/mol. The summed E-state index contributed by atoms with van der Waals surface area (Å²) in [6, 6.07) is 13.1. The Labute approximate surface area is 151 Å². The van der Waals surface area contributed by atoms with Gasteiger partial charge in [0, 0.05) is 18.1 Å². The summed E-state index contributed by atoms with van der Waals surface area (Å²) < 4.78 is 8.40. The second-order valence-corrected chi connectivity index (χ2v) is 6.75. The molecule has 0 spiro atoms. The number of hydrogen-bond acceptors (Lipinski definition) is 3. The van der Waals surface area contributed by atoms with Crippen LogP contribution in [0.1, 0.15) is 0 Å². The summed E-state index contributed by atoms with van der Waals surface area (Å²) in [5, 5.41) is 0.605. The Bertz CT molecular complexity index is 941. The van der Waals surface area contributed by atoms with Crippen LogP contribution in [0.25, 0.3) is 11.0 Å². The van der Waals surface area contributed by atoms with Crippen molar-refractivity contribution < 1.29 is 9.53 Å². The highest BCUT2D eigenvalue weighted by molar-refractivity contribution is 9.10. The van der Waals surface area contributed by atoms with Crippen molar-refractivity contribution in [3.05, 3.63) is 52.0 Å². The van der Waals surface area contributed by atoms with Crippen LogP contribution in [0.2, 0.25) is 5.02 Å². The monoisotopic (exact) mass is 405 g/mol. The number of benzene rings is 2. The number of nitrogens with zero attached hydrogens (tertiary/aromatic N) is 3. The van der Waals surface area contributed by atoms with Gasteiger partial charge in [0.25, 0.3) is 5.91 Å². The molecule has 2 aromatic carbocycles. The van der Waals surface area contributed by atoms with Crippen molar-refractivity contribution in [1.29, 1.82) is 0 Å². The van der Waals surface area contributed by atoms with Gasteiger partial charge in [0.2, 0.25) is 5.95 Å². The topological polar surface area (TPSA) is 47.4 Å². The first-order valence-electron chi connectivity index (χ1n) is 7.47. The zero-order valence-electron chi connectivity index (χ0n) is 12.6. The lowest BCUT2D eigenvalue weighted by molar-refractivity contribution is -0.120. The van der Waals surface area contributed by atoms with Crippen molar-refractivity contribution >= 4 is 50.4 Å². The van der Waals surface area contributed by atoms with E-state index in [-0.39, 0.29) is 12.5 Å². The maximum Gasteiger partial charge on any atom is 0.267 e. The third-order valence-corrected chi connectivity index (χ3v) is 4.82. The van der Waals surface area contributed by atoms with E-state index >= 15 is 0 Å². The lowest BCUT2D eigenvalue weighted by Gasteiger charge is -2.15. The number of halogens is 2. The average molecular weight is 407 g/mol. The maximum absolute atomic E-state index is 12.5. The van der Waals surface area contributed by atoms with E-state index in [1.165, 1.54) is 0 Å². The second-order valence-electron chi connectivity index (χ2n) is 5.46. The van der Waals surface area contributed by atoms with Crippen LogP contribution in [0.4, 0.5) is 5.95 Å². The van der Waals surface area contributed by atoms with Crippen molar-refractivity contribution in [2.45, 2.75) is 6.54 Å². The number of carbonyl (C=O) groups excluding carboxylic acids is 1. The van der Waals surface area contributed by atoms with E-state index < -0.39 is 0 Å². The molecule has 5 nitrogen and oxygen atoms in total. The van der Waals surface area contributed by atoms with Crippen LogP contribution in [0, 0.1) is 0 Å². The fourth-order valence-corrected chi connectivity index (χ4v) is 3.63. The van der Waals surface area contributed by atoms with Gasteiger partial charge in [0.1, 0.15) is 5.75 Å². The van der Waals surface area contributed by atoms with E-state index in [0.29, 0.717) is 23.3 Å². The quantitative estimate of drug-likeness (QED) is 0.663. The van der Waals surface area contributed by atoms with Crippen LogP contribution in [0.15, 0.2) is 46.9 Å².